The van der Waals surface area contributed by atoms with E-state index < -0.39 is 11.8 Å². The molecule has 0 aromatic rings. The molecule has 0 spiro atoms. The number of hydrogen-bond acceptors (Lipinski definition) is 1. The van der Waals surface area contributed by atoms with E-state index >= 15 is 0 Å². The molecule has 0 saturated heterocycles. The molecule has 0 aliphatic rings. The van der Waals surface area contributed by atoms with Crippen molar-refractivity contribution in [3.8, 4) is 0 Å². The van der Waals surface area contributed by atoms with Crippen molar-refractivity contribution in [1.82, 2.24) is 0 Å². The molecule has 0 fully saturated rings. The molecule has 0 heterocycles. The molecule has 0 radical (unpaired) electrons. The Morgan fingerprint density at radius 2 is 1.00 bits per heavy atom. The molecule has 90 valence electrons. The predicted molar refractivity (Wildman–Crippen MR) is 97.3 cm³/mol. The van der Waals surface area contributed by atoms with Gasteiger partial charge in [0, 0.05) is 0 Å². The summed E-state index contributed by atoms with van der Waals surface area (Å²) in [7, 11) is 0. The van der Waals surface area contributed by atoms with Gasteiger partial charge in [0.25, 0.3) is 0 Å². The van der Waals surface area contributed by atoms with Gasteiger partial charge in [-0.05, 0) is 0 Å². The van der Waals surface area contributed by atoms with Crippen molar-refractivity contribution in [2.24, 2.45) is 0 Å². The second-order valence-electron chi connectivity index (χ2n) is 2.39. The van der Waals surface area contributed by atoms with Crippen LogP contribution in [-0.2, 0) is 4.79 Å². The summed E-state index contributed by atoms with van der Waals surface area (Å²) in [6.45, 7) is 0. The van der Waals surface area contributed by atoms with Gasteiger partial charge in [-0.2, -0.15) is 0 Å². The van der Waals surface area contributed by atoms with Crippen molar-refractivity contribution in [2.45, 2.75) is 11.8 Å². The standard InChI is InChI=1S/C5HBr9O/c6-2(7,1-15)3(8,9)4(10,11)5(12,13)14/h1H. The first-order valence-electron chi connectivity index (χ1n) is 2.98. The molecular weight excluding hydrogens is 795 g/mol. The van der Waals surface area contributed by atoms with Gasteiger partial charge in [0.1, 0.15) is 12.8 Å². The number of halogens is 9. The highest BCUT2D eigenvalue weighted by Crippen LogP contribution is 2.67. The number of aldehydes is 1. The molecule has 0 rings (SSSR count). The Hall–Kier alpha value is 3.99. The molecular formula is C5HBr9O. The molecule has 0 bridgehead atoms. The van der Waals surface area contributed by atoms with Gasteiger partial charge < -0.3 is 4.79 Å². The van der Waals surface area contributed by atoms with Crippen molar-refractivity contribution in [2.75, 3.05) is 0 Å². The minimum Gasteiger partial charge on any atom is -0.301 e. The highest BCUT2D eigenvalue weighted by Gasteiger charge is 2.64. The van der Waals surface area contributed by atoms with Gasteiger partial charge >= 0.3 is 0 Å². The smallest absolute Gasteiger partial charge is 0.162 e. The molecule has 0 unspecified atom stereocenters. The van der Waals surface area contributed by atoms with Gasteiger partial charge in [-0.3, -0.25) is 0 Å². The largest absolute Gasteiger partial charge is 0.301 e. The van der Waals surface area contributed by atoms with Crippen LogP contribution in [0.2, 0.25) is 0 Å². The molecule has 1 nitrogen and oxygen atoms in total. The highest BCUT2D eigenvalue weighted by molar-refractivity contribution is 9.42. The summed E-state index contributed by atoms with van der Waals surface area (Å²) < 4.78 is -3.42. The van der Waals surface area contributed by atoms with Crippen LogP contribution < -0.4 is 0 Å². The van der Waals surface area contributed by atoms with E-state index in [4.69, 9.17) is 0 Å². The predicted octanol–water partition coefficient (Wildman–Crippen LogP) is 6.48. The van der Waals surface area contributed by atoms with Gasteiger partial charge in [-0.25, -0.2) is 0 Å². The van der Waals surface area contributed by atoms with E-state index in [2.05, 4.69) is 143 Å². The van der Waals surface area contributed by atoms with Crippen molar-refractivity contribution in [1.29, 1.82) is 0 Å². The third kappa shape index (κ3) is 3.98. The van der Waals surface area contributed by atoms with E-state index in [0.29, 0.717) is 6.29 Å². The summed E-state index contributed by atoms with van der Waals surface area (Å²) in [4.78, 5) is 11.0. The van der Waals surface area contributed by atoms with Crippen molar-refractivity contribution in [3.05, 3.63) is 0 Å². The number of hydrogen-bond donors (Lipinski definition) is 0. The number of carbonyl (C=O) groups is 1. The summed E-state index contributed by atoms with van der Waals surface area (Å²) in [5.74, 6) is 0. The van der Waals surface area contributed by atoms with Crippen molar-refractivity contribution in [3.63, 3.8) is 0 Å². The van der Waals surface area contributed by atoms with Gasteiger partial charge in [-0.15, -0.1) is 0 Å². The number of alkyl halides is 9. The first-order valence-corrected chi connectivity index (χ1v) is 10.1. The lowest BCUT2D eigenvalue weighted by atomic mass is 10.2. The number of carbonyl (C=O) groups excluding carboxylic acids is 1. The van der Waals surface area contributed by atoms with E-state index in [1.54, 1.807) is 0 Å². The zero-order valence-electron chi connectivity index (χ0n) is 6.39. The Morgan fingerprint density at radius 3 is 1.20 bits per heavy atom. The summed E-state index contributed by atoms with van der Waals surface area (Å²) in [5, 5.41) is 0. The Labute approximate surface area is 163 Å². The average molecular weight is 796 g/mol. The zero-order valence-corrected chi connectivity index (χ0v) is 20.7. The molecule has 10 heteroatoms. The monoisotopic (exact) mass is 787 g/mol. The summed E-state index contributed by atoms with van der Waals surface area (Å²) >= 11 is 30.5. The normalized spacial score (nSPS) is 15.3. The third-order valence-electron chi connectivity index (χ3n) is 1.32. The lowest BCUT2D eigenvalue weighted by Gasteiger charge is -2.44. The average Bonchev–Trinajstić information content (AvgIpc) is 2.01. The van der Waals surface area contributed by atoms with Crippen LogP contribution in [0.15, 0.2) is 0 Å². The van der Waals surface area contributed by atoms with Crippen LogP contribution in [0.5, 0.6) is 0 Å². The van der Waals surface area contributed by atoms with Gasteiger partial charge in [0.05, 0.1) is 0 Å². The molecule has 15 heavy (non-hydrogen) atoms. The van der Waals surface area contributed by atoms with Crippen LogP contribution in [0.1, 0.15) is 0 Å². The third-order valence-corrected chi connectivity index (χ3v) is 16.9. The zero-order chi connectivity index (χ0) is 12.7. The van der Waals surface area contributed by atoms with Crippen LogP contribution in [0, 0.1) is 0 Å². The van der Waals surface area contributed by atoms with E-state index in [0.717, 1.165) is 0 Å². The lowest BCUT2D eigenvalue weighted by molar-refractivity contribution is -0.107. The van der Waals surface area contributed by atoms with Crippen LogP contribution in [-0.4, -0.2) is 18.1 Å². The molecule has 0 N–H and O–H groups in total. The van der Waals surface area contributed by atoms with E-state index in [-0.39, 0.29) is 0 Å². The van der Waals surface area contributed by atoms with Crippen LogP contribution in [0.25, 0.3) is 0 Å². The SMILES string of the molecule is O=CC(Br)(Br)C(Br)(Br)C(Br)(Br)C(Br)(Br)Br. The maximum absolute atomic E-state index is 11.0. The first-order chi connectivity index (χ1) is 6.31. The van der Waals surface area contributed by atoms with E-state index in [1.165, 1.54) is 0 Å². The fourth-order valence-corrected chi connectivity index (χ4v) is 6.02. The molecule has 0 amide bonds. The summed E-state index contributed by atoms with van der Waals surface area (Å²) in [5.41, 5.74) is 0. The molecule has 0 aliphatic carbocycles. The van der Waals surface area contributed by atoms with Gasteiger partial charge in [0.2, 0.25) is 0 Å². The van der Waals surface area contributed by atoms with Crippen LogP contribution in [0.4, 0.5) is 0 Å². The second-order valence-corrected chi connectivity index (χ2v) is 19.6. The Morgan fingerprint density at radius 1 is 0.667 bits per heavy atom. The Balaban J connectivity index is 5.47. The van der Waals surface area contributed by atoms with Gasteiger partial charge in [-0.1, -0.05) is 143 Å². The lowest BCUT2D eigenvalue weighted by Crippen LogP contribution is -2.54. The summed E-state index contributed by atoms with van der Waals surface area (Å²) in [6, 6.07) is 0. The number of rotatable bonds is 3. The Bertz CT molecular complexity index is 252. The van der Waals surface area contributed by atoms with Crippen molar-refractivity contribution < 1.29 is 4.79 Å². The fraction of sp³-hybridized carbons (Fsp3) is 0.800. The van der Waals surface area contributed by atoms with E-state index in [9.17, 15) is 4.79 Å². The molecule has 0 aromatic carbocycles. The maximum Gasteiger partial charge on any atom is 0.162 e. The topological polar surface area (TPSA) is 17.1 Å². The molecule has 0 aromatic heterocycles. The molecule has 0 saturated carbocycles. The minimum atomic E-state index is -1.03. The van der Waals surface area contributed by atoms with Crippen LogP contribution in [0.3, 0.4) is 0 Å². The summed E-state index contributed by atoms with van der Waals surface area (Å²) in [6.07, 6.45) is 0.715. The first kappa shape index (κ1) is 19.0. The highest BCUT2D eigenvalue weighted by atomic mass is 80.0. The van der Waals surface area contributed by atoms with Crippen molar-refractivity contribution >= 4 is 150 Å². The Kier molecular flexibility index (Phi) is 7.82. The second kappa shape index (κ2) is 6.18. The van der Waals surface area contributed by atoms with E-state index in [1.807, 2.05) is 0 Å². The minimum absolute atomic E-state index is 0.706. The quantitative estimate of drug-likeness (QED) is 0.236. The molecule has 0 aliphatic heterocycles. The maximum atomic E-state index is 11.0. The molecule has 0 atom stereocenters. The van der Waals surface area contributed by atoms with Crippen LogP contribution >= 0.6 is 143 Å². The van der Waals surface area contributed by atoms with Gasteiger partial charge in [0.15, 0.2) is 5.38 Å². The fourth-order valence-electron chi connectivity index (χ4n) is 0.461.